The molecule has 4 nitrogen and oxygen atoms in total. The van der Waals surface area contributed by atoms with Crippen LogP contribution in [-0.4, -0.2) is 9.97 Å². The minimum atomic E-state index is -0.172. The minimum absolute atomic E-state index is 0.172. The number of nitrogens with two attached hydrogens (primary N) is 1. The predicted octanol–water partition coefficient (Wildman–Crippen LogP) is 2.96. The highest BCUT2D eigenvalue weighted by Crippen LogP contribution is 2.27. The molecule has 2 aromatic heterocycles. The lowest BCUT2D eigenvalue weighted by atomic mass is 10.2. The van der Waals surface area contributed by atoms with Crippen molar-refractivity contribution in [3.63, 3.8) is 0 Å². The lowest BCUT2D eigenvalue weighted by Crippen LogP contribution is -2.07. The van der Waals surface area contributed by atoms with Gasteiger partial charge in [-0.1, -0.05) is 6.07 Å². The van der Waals surface area contributed by atoms with Crippen LogP contribution in [0.25, 0.3) is 0 Å². The van der Waals surface area contributed by atoms with Crippen molar-refractivity contribution in [2.45, 2.75) is 13.0 Å². The van der Waals surface area contributed by atoms with Gasteiger partial charge in [0.25, 0.3) is 0 Å². The Labute approximate surface area is 108 Å². The van der Waals surface area contributed by atoms with Crippen molar-refractivity contribution in [3.8, 4) is 5.75 Å². The average Bonchev–Trinajstić information content (AvgIpc) is 2.35. The van der Waals surface area contributed by atoms with Crippen LogP contribution in [0.3, 0.4) is 0 Å². The molecule has 0 aliphatic carbocycles. The van der Waals surface area contributed by atoms with Gasteiger partial charge in [-0.3, -0.25) is 4.98 Å². The van der Waals surface area contributed by atoms with E-state index in [1.165, 1.54) is 0 Å². The van der Waals surface area contributed by atoms with Crippen LogP contribution in [0.2, 0.25) is 0 Å². The molecule has 2 aromatic rings. The highest BCUT2D eigenvalue weighted by atomic mass is 79.9. The quantitative estimate of drug-likeness (QED) is 0.945. The molecule has 17 heavy (non-hydrogen) atoms. The second kappa shape index (κ2) is 5.14. The molecule has 0 unspecified atom stereocenters. The standard InChI is InChI=1S/C12H12BrN3O/c1-8(10-4-2-3-5-15-10)17-11-6-9(13)7-16-12(11)14/h2-8H,1H3,(H2,14,16)/t8-/m1/s1. The van der Waals surface area contributed by atoms with Crippen molar-refractivity contribution in [3.05, 3.63) is 46.8 Å². The molecule has 5 heteroatoms. The Morgan fingerprint density at radius 3 is 2.88 bits per heavy atom. The lowest BCUT2D eigenvalue weighted by molar-refractivity contribution is 0.222. The van der Waals surface area contributed by atoms with Crippen molar-refractivity contribution in [2.24, 2.45) is 0 Å². The molecular weight excluding hydrogens is 282 g/mol. The molecule has 0 aromatic carbocycles. The van der Waals surface area contributed by atoms with Gasteiger partial charge in [-0.25, -0.2) is 4.98 Å². The monoisotopic (exact) mass is 293 g/mol. The third-order valence-electron chi connectivity index (χ3n) is 2.26. The van der Waals surface area contributed by atoms with Crippen molar-refractivity contribution in [1.29, 1.82) is 0 Å². The summed E-state index contributed by atoms with van der Waals surface area (Å²) in [4.78, 5) is 8.24. The zero-order valence-electron chi connectivity index (χ0n) is 9.30. The zero-order chi connectivity index (χ0) is 12.3. The maximum Gasteiger partial charge on any atom is 0.166 e. The Morgan fingerprint density at radius 1 is 1.35 bits per heavy atom. The Morgan fingerprint density at radius 2 is 2.18 bits per heavy atom. The molecule has 0 aliphatic rings. The number of ether oxygens (including phenoxy) is 1. The van der Waals surface area contributed by atoms with Crippen LogP contribution < -0.4 is 10.5 Å². The van der Waals surface area contributed by atoms with Crippen molar-refractivity contribution in [1.82, 2.24) is 9.97 Å². The van der Waals surface area contributed by atoms with Crippen LogP contribution in [0.4, 0.5) is 5.82 Å². The normalized spacial score (nSPS) is 12.1. The molecule has 0 amide bonds. The lowest BCUT2D eigenvalue weighted by Gasteiger charge is -2.15. The SMILES string of the molecule is C[C@@H](Oc1cc(Br)cnc1N)c1ccccn1. The van der Waals surface area contributed by atoms with Gasteiger partial charge in [0.1, 0.15) is 6.10 Å². The summed E-state index contributed by atoms with van der Waals surface area (Å²) in [5, 5.41) is 0. The number of rotatable bonds is 3. The third-order valence-corrected chi connectivity index (χ3v) is 2.69. The van der Waals surface area contributed by atoms with E-state index in [1.54, 1.807) is 18.5 Å². The molecule has 0 fully saturated rings. The second-order valence-corrected chi connectivity index (χ2v) is 4.47. The number of pyridine rings is 2. The first-order valence-electron chi connectivity index (χ1n) is 5.15. The molecule has 88 valence electrons. The molecule has 0 radical (unpaired) electrons. The van der Waals surface area contributed by atoms with Crippen LogP contribution in [0, 0.1) is 0 Å². The fourth-order valence-corrected chi connectivity index (χ4v) is 1.70. The van der Waals surface area contributed by atoms with Crippen molar-refractivity contribution >= 4 is 21.7 Å². The third kappa shape index (κ3) is 2.94. The summed E-state index contributed by atoms with van der Waals surface area (Å²) in [7, 11) is 0. The summed E-state index contributed by atoms with van der Waals surface area (Å²) >= 11 is 3.33. The summed E-state index contributed by atoms with van der Waals surface area (Å²) in [5.41, 5.74) is 6.59. The Kier molecular flexibility index (Phi) is 3.58. The number of aromatic nitrogens is 2. The molecule has 0 saturated heterocycles. The zero-order valence-corrected chi connectivity index (χ0v) is 10.9. The number of nitrogen functional groups attached to an aromatic ring is 1. The summed E-state index contributed by atoms with van der Waals surface area (Å²) in [6.45, 7) is 1.92. The molecule has 2 N–H and O–H groups in total. The number of anilines is 1. The first-order chi connectivity index (χ1) is 8.16. The fourth-order valence-electron chi connectivity index (χ4n) is 1.39. The summed E-state index contributed by atoms with van der Waals surface area (Å²) in [6.07, 6.45) is 3.19. The van der Waals surface area contributed by atoms with Crippen molar-refractivity contribution < 1.29 is 4.74 Å². The van der Waals surface area contributed by atoms with Gasteiger partial charge in [0.15, 0.2) is 11.6 Å². The Bertz CT molecular complexity index is 504. The van der Waals surface area contributed by atoms with Gasteiger partial charge in [0, 0.05) is 16.9 Å². The van der Waals surface area contributed by atoms with Crippen LogP contribution in [0.1, 0.15) is 18.7 Å². The van der Waals surface area contributed by atoms with E-state index in [-0.39, 0.29) is 6.10 Å². The molecule has 2 rings (SSSR count). The summed E-state index contributed by atoms with van der Waals surface area (Å²) < 4.78 is 6.56. The van der Waals surface area contributed by atoms with E-state index in [2.05, 4.69) is 25.9 Å². The van der Waals surface area contributed by atoms with E-state index in [9.17, 15) is 0 Å². The number of halogens is 1. The van der Waals surface area contributed by atoms with Gasteiger partial charge in [0.2, 0.25) is 0 Å². The summed E-state index contributed by atoms with van der Waals surface area (Å²) in [6, 6.07) is 7.49. The number of hydrogen-bond acceptors (Lipinski definition) is 4. The average molecular weight is 294 g/mol. The number of hydrogen-bond donors (Lipinski definition) is 1. The highest BCUT2D eigenvalue weighted by molar-refractivity contribution is 9.10. The molecule has 1 atom stereocenters. The van der Waals surface area contributed by atoms with E-state index < -0.39 is 0 Å². The van der Waals surface area contributed by atoms with E-state index in [4.69, 9.17) is 10.5 Å². The van der Waals surface area contributed by atoms with Gasteiger partial charge in [0.05, 0.1) is 5.69 Å². The first-order valence-corrected chi connectivity index (χ1v) is 5.94. The van der Waals surface area contributed by atoms with E-state index in [0.29, 0.717) is 11.6 Å². The van der Waals surface area contributed by atoms with E-state index >= 15 is 0 Å². The molecule has 0 aliphatic heterocycles. The van der Waals surface area contributed by atoms with Gasteiger partial charge < -0.3 is 10.5 Å². The van der Waals surface area contributed by atoms with Crippen LogP contribution in [0.5, 0.6) is 5.75 Å². The van der Waals surface area contributed by atoms with Crippen LogP contribution in [0.15, 0.2) is 41.1 Å². The number of nitrogens with zero attached hydrogens (tertiary/aromatic N) is 2. The molecular formula is C12H12BrN3O. The minimum Gasteiger partial charge on any atom is -0.481 e. The Balaban J connectivity index is 2.18. The van der Waals surface area contributed by atoms with E-state index in [0.717, 1.165) is 10.2 Å². The smallest absolute Gasteiger partial charge is 0.166 e. The van der Waals surface area contributed by atoms with Crippen LogP contribution in [-0.2, 0) is 0 Å². The van der Waals surface area contributed by atoms with Crippen LogP contribution >= 0.6 is 15.9 Å². The maximum atomic E-state index is 5.74. The van der Waals surface area contributed by atoms with Gasteiger partial charge in [-0.2, -0.15) is 0 Å². The van der Waals surface area contributed by atoms with Gasteiger partial charge in [-0.05, 0) is 41.1 Å². The fraction of sp³-hybridized carbons (Fsp3) is 0.167. The van der Waals surface area contributed by atoms with Crippen molar-refractivity contribution in [2.75, 3.05) is 5.73 Å². The molecule has 0 spiro atoms. The van der Waals surface area contributed by atoms with Gasteiger partial charge >= 0.3 is 0 Å². The predicted molar refractivity (Wildman–Crippen MR) is 69.6 cm³/mol. The molecule has 2 heterocycles. The second-order valence-electron chi connectivity index (χ2n) is 3.55. The molecule has 0 bridgehead atoms. The summed E-state index contributed by atoms with van der Waals surface area (Å²) in [5.74, 6) is 0.925. The van der Waals surface area contributed by atoms with Gasteiger partial charge in [-0.15, -0.1) is 0 Å². The largest absolute Gasteiger partial charge is 0.481 e. The topological polar surface area (TPSA) is 61.0 Å². The first kappa shape index (κ1) is 11.9. The molecule has 0 saturated carbocycles. The Hall–Kier alpha value is -1.62. The highest BCUT2D eigenvalue weighted by Gasteiger charge is 2.11. The maximum absolute atomic E-state index is 5.74. The van der Waals surface area contributed by atoms with E-state index in [1.807, 2.05) is 25.1 Å².